The molecule has 6 rings (SSSR count). The van der Waals surface area contributed by atoms with Gasteiger partial charge in [-0.05, 0) is 68.2 Å². The summed E-state index contributed by atoms with van der Waals surface area (Å²) >= 11 is 0. The van der Waals surface area contributed by atoms with Crippen LogP contribution in [0.1, 0.15) is 62.0 Å². The second-order valence-corrected chi connectivity index (χ2v) is 11.2. The molecule has 1 amide bonds. The van der Waals surface area contributed by atoms with Crippen LogP contribution in [0.15, 0.2) is 77.4 Å². The lowest BCUT2D eigenvalue weighted by molar-refractivity contribution is -0.160. The summed E-state index contributed by atoms with van der Waals surface area (Å²) < 4.78 is 11.1. The van der Waals surface area contributed by atoms with Crippen LogP contribution >= 0.6 is 0 Å². The Morgan fingerprint density at radius 2 is 1.70 bits per heavy atom. The van der Waals surface area contributed by atoms with Crippen LogP contribution in [0.25, 0.3) is 22.6 Å². The topological polar surface area (TPSA) is 115 Å². The highest BCUT2D eigenvalue weighted by Gasteiger charge is 2.61. The van der Waals surface area contributed by atoms with Crippen molar-refractivity contribution in [3.8, 4) is 22.6 Å². The summed E-state index contributed by atoms with van der Waals surface area (Å²) in [5.74, 6) is -0.347. The smallest absolute Gasteiger partial charge is 0.412 e. The lowest BCUT2D eigenvalue weighted by Crippen LogP contribution is -2.57. The molecule has 0 saturated heterocycles. The first kappa shape index (κ1) is 25.8. The second-order valence-electron chi connectivity index (χ2n) is 11.2. The Hall–Kier alpha value is -4.46. The molecule has 204 valence electrons. The van der Waals surface area contributed by atoms with Gasteiger partial charge in [-0.15, -0.1) is 0 Å². The molecule has 8 nitrogen and oxygen atoms in total. The third-order valence-electron chi connectivity index (χ3n) is 8.58. The van der Waals surface area contributed by atoms with Crippen molar-refractivity contribution in [2.45, 2.75) is 57.5 Å². The van der Waals surface area contributed by atoms with E-state index in [0.29, 0.717) is 22.7 Å². The number of aromatic nitrogens is 2. The standard InChI is InChI=1S/C32H31N3O5/c1-20-27(34-30(38)39-21(2)22-7-4-3-5-8-22)28(40-35-20)24-11-14-26(33-17-24)23-9-12-25(13-10-23)32(29(36)37)18-31(19-32)15-6-16-31/h3-5,7-14,17,21H,6,15-16,18-19H2,1-2H3,(H,34,38)(H,36,37)/t21-/m1/s1. The summed E-state index contributed by atoms with van der Waals surface area (Å²) in [5.41, 5.74) is 4.45. The molecule has 0 bridgehead atoms. The quantitative estimate of drug-likeness (QED) is 0.254. The predicted molar refractivity (Wildman–Crippen MR) is 150 cm³/mol. The van der Waals surface area contributed by atoms with Crippen molar-refractivity contribution in [3.63, 3.8) is 0 Å². The zero-order chi connectivity index (χ0) is 27.9. The van der Waals surface area contributed by atoms with Gasteiger partial charge in [0.25, 0.3) is 0 Å². The number of anilines is 1. The van der Waals surface area contributed by atoms with Crippen LogP contribution in [0, 0.1) is 12.3 Å². The summed E-state index contributed by atoms with van der Waals surface area (Å²) in [7, 11) is 0. The first-order valence-electron chi connectivity index (χ1n) is 13.6. The number of amides is 1. The molecule has 2 saturated carbocycles. The molecule has 2 fully saturated rings. The van der Waals surface area contributed by atoms with E-state index in [1.807, 2.05) is 73.7 Å². The Bertz CT molecular complexity index is 1530. The van der Waals surface area contributed by atoms with Crippen molar-refractivity contribution in [1.82, 2.24) is 10.1 Å². The van der Waals surface area contributed by atoms with Gasteiger partial charge in [0.05, 0.1) is 11.1 Å². The van der Waals surface area contributed by atoms with Crippen molar-refractivity contribution in [2.75, 3.05) is 5.32 Å². The summed E-state index contributed by atoms with van der Waals surface area (Å²) in [5, 5.41) is 16.8. The number of nitrogens with zero attached hydrogens (tertiary/aromatic N) is 2. The van der Waals surface area contributed by atoms with Gasteiger partial charge in [-0.3, -0.25) is 15.1 Å². The number of pyridine rings is 1. The summed E-state index contributed by atoms with van der Waals surface area (Å²) in [4.78, 5) is 29.4. The molecule has 0 radical (unpaired) electrons. The van der Waals surface area contributed by atoms with E-state index in [-0.39, 0.29) is 5.41 Å². The molecule has 2 aromatic carbocycles. The second kappa shape index (κ2) is 9.93. The highest BCUT2D eigenvalue weighted by Crippen LogP contribution is 2.65. The van der Waals surface area contributed by atoms with Gasteiger partial charge in [-0.1, -0.05) is 66.2 Å². The third kappa shape index (κ3) is 4.53. The number of aryl methyl sites for hydroxylation is 1. The number of aliphatic carboxylic acids is 1. The van der Waals surface area contributed by atoms with Gasteiger partial charge in [0.1, 0.15) is 17.5 Å². The van der Waals surface area contributed by atoms with E-state index < -0.39 is 23.6 Å². The van der Waals surface area contributed by atoms with Gasteiger partial charge in [-0.25, -0.2) is 4.79 Å². The van der Waals surface area contributed by atoms with Crippen LogP contribution in [0.2, 0.25) is 0 Å². The third-order valence-corrected chi connectivity index (χ3v) is 8.58. The van der Waals surface area contributed by atoms with E-state index in [4.69, 9.17) is 9.26 Å². The fourth-order valence-electron chi connectivity index (χ4n) is 6.19. The maximum Gasteiger partial charge on any atom is 0.412 e. The molecule has 1 spiro atoms. The van der Waals surface area contributed by atoms with Gasteiger partial charge in [-0.2, -0.15) is 0 Å². The number of rotatable bonds is 7. The Kier molecular flexibility index (Phi) is 6.41. The average molecular weight is 538 g/mol. The number of hydrogen-bond donors (Lipinski definition) is 2. The van der Waals surface area contributed by atoms with E-state index in [2.05, 4.69) is 15.5 Å². The van der Waals surface area contributed by atoms with Crippen molar-refractivity contribution < 1.29 is 24.0 Å². The van der Waals surface area contributed by atoms with Crippen molar-refractivity contribution >= 4 is 17.7 Å². The number of ether oxygens (including phenoxy) is 1. The molecule has 8 heteroatoms. The van der Waals surface area contributed by atoms with Crippen LogP contribution in [0.4, 0.5) is 10.5 Å². The SMILES string of the molecule is Cc1noc(-c2ccc(-c3ccc(C4(C(=O)O)CC5(CCC5)C4)cc3)nc2)c1NC(=O)O[C@H](C)c1ccccc1. The fraction of sp³-hybridized carbons (Fsp3) is 0.312. The van der Waals surface area contributed by atoms with E-state index in [1.165, 1.54) is 6.42 Å². The Morgan fingerprint density at radius 3 is 2.30 bits per heavy atom. The molecule has 4 aromatic rings. The molecule has 2 aromatic heterocycles. The van der Waals surface area contributed by atoms with Gasteiger partial charge < -0.3 is 14.4 Å². The van der Waals surface area contributed by atoms with Gasteiger partial charge in [0.15, 0.2) is 5.76 Å². The number of hydrogen-bond acceptors (Lipinski definition) is 6. The molecule has 40 heavy (non-hydrogen) atoms. The van der Waals surface area contributed by atoms with Crippen LogP contribution < -0.4 is 5.32 Å². The molecule has 2 N–H and O–H groups in total. The first-order chi connectivity index (χ1) is 19.3. The highest BCUT2D eigenvalue weighted by molar-refractivity contribution is 5.91. The van der Waals surface area contributed by atoms with E-state index in [1.54, 1.807) is 13.1 Å². The number of carboxylic acids is 1. The lowest BCUT2D eigenvalue weighted by Gasteiger charge is -2.59. The molecular formula is C32H31N3O5. The molecule has 0 aliphatic heterocycles. The van der Waals surface area contributed by atoms with Crippen LogP contribution in [0.5, 0.6) is 0 Å². The van der Waals surface area contributed by atoms with Gasteiger partial charge >= 0.3 is 12.1 Å². The maximum atomic E-state index is 12.6. The predicted octanol–water partition coefficient (Wildman–Crippen LogP) is 7.31. The number of carboxylic acid groups (broad SMARTS) is 1. The van der Waals surface area contributed by atoms with Crippen molar-refractivity contribution in [2.24, 2.45) is 5.41 Å². The van der Waals surface area contributed by atoms with Crippen LogP contribution in [-0.4, -0.2) is 27.3 Å². The van der Waals surface area contributed by atoms with E-state index >= 15 is 0 Å². The molecule has 2 aliphatic rings. The minimum atomic E-state index is -0.774. The number of benzene rings is 2. The van der Waals surface area contributed by atoms with Crippen molar-refractivity contribution in [3.05, 3.63) is 89.7 Å². The minimum absolute atomic E-state index is 0.248. The zero-order valence-electron chi connectivity index (χ0n) is 22.5. The Balaban J connectivity index is 1.16. The lowest BCUT2D eigenvalue weighted by atomic mass is 9.44. The summed E-state index contributed by atoms with van der Waals surface area (Å²) in [6.07, 6.45) is 5.59. The number of carbonyl (C=O) groups excluding carboxylic acids is 1. The zero-order valence-corrected chi connectivity index (χ0v) is 22.5. The molecule has 0 unspecified atom stereocenters. The monoisotopic (exact) mass is 537 g/mol. The summed E-state index contributed by atoms with van der Waals surface area (Å²) in [6, 6.07) is 20.9. The summed E-state index contributed by atoms with van der Waals surface area (Å²) in [6.45, 7) is 3.55. The molecule has 2 heterocycles. The van der Waals surface area contributed by atoms with E-state index in [9.17, 15) is 14.7 Å². The highest BCUT2D eigenvalue weighted by atomic mass is 16.6. The molecular weight excluding hydrogens is 506 g/mol. The van der Waals surface area contributed by atoms with Gasteiger partial charge in [0.2, 0.25) is 0 Å². The Labute approximate surface area is 232 Å². The molecule has 1 atom stereocenters. The number of nitrogens with one attached hydrogen (secondary N) is 1. The minimum Gasteiger partial charge on any atom is -0.481 e. The number of carbonyl (C=O) groups is 2. The van der Waals surface area contributed by atoms with Crippen molar-refractivity contribution in [1.29, 1.82) is 0 Å². The normalized spacial score (nSPS) is 17.4. The Morgan fingerprint density at radius 1 is 1.00 bits per heavy atom. The van der Waals surface area contributed by atoms with E-state index in [0.717, 1.165) is 48.1 Å². The average Bonchev–Trinajstić information content (AvgIpc) is 3.27. The fourth-order valence-corrected chi connectivity index (χ4v) is 6.19. The molecule has 2 aliphatic carbocycles. The maximum absolute atomic E-state index is 12.6. The first-order valence-corrected chi connectivity index (χ1v) is 13.6. The van der Waals surface area contributed by atoms with Crippen LogP contribution in [0.3, 0.4) is 0 Å². The largest absolute Gasteiger partial charge is 0.481 e. The van der Waals surface area contributed by atoms with Crippen LogP contribution in [-0.2, 0) is 14.9 Å². The van der Waals surface area contributed by atoms with Gasteiger partial charge in [0, 0.05) is 17.3 Å².